The molecule has 2 fully saturated rings. The van der Waals surface area contributed by atoms with Gasteiger partial charge in [0.1, 0.15) is 0 Å². The van der Waals surface area contributed by atoms with Crippen LogP contribution in [-0.2, 0) is 18.9 Å². The van der Waals surface area contributed by atoms with Crippen LogP contribution in [0.4, 0.5) is 19.2 Å². The lowest BCUT2D eigenvalue weighted by molar-refractivity contribution is -0.0550. The Labute approximate surface area is 251 Å². The summed E-state index contributed by atoms with van der Waals surface area (Å²) >= 11 is 0. The van der Waals surface area contributed by atoms with Crippen LogP contribution >= 0.6 is 0 Å². The second-order valence-electron chi connectivity index (χ2n) is 11.9. The summed E-state index contributed by atoms with van der Waals surface area (Å²) in [5.74, 6) is 0.461. The van der Waals surface area contributed by atoms with E-state index in [0.717, 1.165) is 77.0 Å². The molecule has 42 heavy (non-hydrogen) atoms. The van der Waals surface area contributed by atoms with Crippen LogP contribution in [-0.4, -0.2) is 78.0 Å². The smallest absolute Gasteiger partial charge is 0.407 e. The standard InChI is InChI=1S/C30H54N4O8/c1-5-7-16-41-27(37)32-20-24-10-9-13-30(18-24,22-34-28(38)42-17-8-6-2)29(21-33-26(36)40-4)14-11-23(12-15-29)19-31-25(35)39-3/h23-24H,5-22H2,1-4H3,(H,31,35)(H,32,37)(H,33,36)(H,34,38). The quantitative estimate of drug-likeness (QED) is 0.150. The number of methoxy groups -OCH3 is 2. The number of carbonyl (C=O) groups is 4. The zero-order valence-corrected chi connectivity index (χ0v) is 26.1. The van der Waals surface area contributed by atoms with Crippen molar-refractivity contribution in [1.29, 1.82) is 0 Å². The molecule has 0 bridgehead atoms. The van der Waals surface area contributed by atoms with E-state index in [0.29, 0.717) is 39.4 Å². The van der Waals surface area contributed by atoms with Crippen LogP contribution in [0.2, 0.25) is 0 Å². The van der Waals surface area contributed by atoms with Crippen molar-refractivity contribution in [2.75, 3.05) is 53.6 Å². The second-order valence-corrected chi connectivity index (χ2v) is 11.9. The minimum absolute atomic E-state index is 0.184. The van der Waals surface area contributed by atoms with E-state index in [1.165, 1.54) is 14.2 Å². The van der Waals surface area contributed by atoms with Crippen molar-refractivity contribution in [2.45, 2.75) is 90.9 Å². The molecule has 4 amide bonds. The fourth-order valence-corrected chi connectivity index (χ4v) is 6.62. The maximum Gasteiger partial charge on any atom is 0.407 e. The molecule has 2 aliphatic carbocycles. The van der Waals surface area contributed by atoms with Crippen molar-refractivity contribution in [3.8, 4) is 0 Å². The molecule has 2 atom stereocenters. The van der Waals surface area contributed by atoms with Gasteiger partial charge in [-0.1, -0.05) is 33.1 Å². The van der Waals surface area contributed by atoms with Crippen molar-refractivity contribution in [2.24, 2.45) is 22.7 Å². The lowest BCUT2D eigenvalue weighted by Crippen LogP contribution is -2.58. The molecule has 0 aromatic carbocycles. The minimum atomic E-state index is -0.491. The molecule has 0 spiro atoms. The number of rotatable bonds is 15. The molecule has 2 rings (SSSR count). The number of ether oxygens (including phenoxy) is 4. The Morgan fingerprint density at radius 3 is 1.74 bits per heavy atom. The zero-order valence-electron chi connectivity index (χ0n) is 26.1. The van der Waals surface area contributed by atoms with E-state index in [9.17, 15) is 19.2 Å². The van der Waals surface area contributed by atoms with Gasteiger partial charge in [-0.2, -0.15) is 0 Å². The van der Waals surface area contributed by atoms with Gasteiger partial charge in [0.15, 0.2) is 0 Å². The fraction of sp³-hybridized carbons (Fsp3) is 0.867. The molecule has 4 N–H and O–H groups in total. The highest BCUT2D eigenvalue weighted by Crippen LogP contribution is 2.58. The first-order valence-corrected chi connectivity index (χ1v) is 15.7. The molecule has 0 aliphatic heterocycles. The molecule has 2 unspecified atom stereocenters. The Morgan fingerprint density at radius 2 is 1.14 bits per heavy atom. The maximum absolute atomic E-state index is 12.7. The van der Waals surface area contributed by atoms with Gasteiger partial charge in [-0.05, 0) is 80.5 Å². The summed E-state index contributed by atoms with van der Waals surface area (Å²) in [5.41, 5.74) is -0.685. The molecule has 2 aliphatic rings. The van der Waals surface area contributed by atoms with Crippen LogP contribution in [0, 0.1) is 22.7 Å². The van der Waals surface area contributed by atoms with E-state index < -0.39 is 24.4 Å². The number of hydrogen-bond acceptors (Lipinski definition) is 8. The zero-order chi connectivity index (χ0) is 30.8. The summed E-state index contributed by atoms with van der Waals surface area (Å²) in [7, 11) is 2.70. The van der Waals surface area contributed by atoms with E-state index in [-0.39, 0.29) is 22.7 Å². The van der Waals surface area contributed by atoms with Gasteiger partial charge in [0.2, 0.25) is 0 Å². The van der Waals surface area contributed by atoms with E-state index in [2.05, 4.69) is 21.3 Å². The predicted molar refractivity (Wildman–Crippen MR) is 158 cm³/mol. The van der Waals surface area contributed by atoms with Crippen LogP contribution in [0.15, 0.2) is 0 Å². The van der Waals surface area contributed by atoms with Gasteiger partial charge in [0.05, 0.1) is 27.4 Å². The summed E-state index contributed by atoms with van der Waals surface area (Å²) in [6.45, 7) is 6.67. The van der Waals surface area contributed by atoms with Gasteiger partial charge in [0.25, 0.3) is 0 Å². The fourth-order valence-electron chi connectivity index (χ4n) is 6.62. The molecule has 0 saturated heterocycles. The van der Waals surface area contributed by atoms with Crippen molar-refractivity contribution in [1.82, 2.24) is 21.3 Å². The highest BCUT2D eigenvalue weighted by Gasteiger charge is 2.54. The number of carbonyl (C=O) groups excluding carboxylic acids is 4. The van der Waals surface area contributed by atoms with E-state index >= 15 is 0 Å². The van der Waals surface area contributed by atoms with Crippen molar-refractivity contribution >= 4 is 24.4 Å². The van der Waals surface area contributed by atoms with E-state index in [4.69, 9.17) is 18.9 Å². The average Bonchev–Trinajstić information content (AvgIpc) is 3.01. The van der Waals surface area contributed by atoms with Crippen LogP contribution in [0.25, 0.3) is 0 Å². The summed E-state index contributed by atoms with van der Waals surface area (Å²) in [4.78, 5) is 48.9. The summed E-state index contributed by atoms with van der Waals surface area (Å²) < 4.78 is 20.4. The number of alkyl carbamates (subject to hydrolysis) is 4. The van der Waals surface area contributed by atoms with Crippen molar-refractivity contribution < 1.29 is 38.1 Å². The van der Waals surface area contributed by atoms with Crippen LogP contribution < -0.4 is 21.3 Å². The van der Waals surface area contributed by atoms with E-state index in [1.807, 2.05) is 13.8 Å². The summed E-state index contributed by atoms with van der Waals surface area (Å²) in [6, 6.07) is 0. The first kappa shape index (κ1) is 35.3. The van der Waals surface area contributed by atoms with Gasteiger partial charge in [-0.3, -0.25) is 0 Å². The number of amides is 4. The van der Waals surface area contributed by atoms with Crippen LogP contribution in [0.5, 0.6) is 0 Å². The molecule has 0 radical (unpaired) electrons. The van der Waals surface area contributed by atoms with Gasteiger partial charge < -0.3 is 40.2 Å². The SMILES string of the molecule is CCCCOC(=O)NCC1CCCC(CNC(=O)OCCCC)(C2(CNC(=O)OC)CCC(CNC(=O)OC)CC2)C1. The van der Waals surface area contributed by atoms with E-state index in [1.54, 1.807) is 0 Å². The molecule has 0 aromatic rings. The first-order valence-electron chi connectivity index (χ1n) is 15.7. The molecular weight excluding hydrogens is 544 g/mol. The molecular formula is C30H54N4O8. The Hall–Kier alpha value is -2.92. The highest BCUT2D eigenvalue weighted by molar-refractivity contribution is 5.68. The van der Waals surface area contributed by atoms with Crippen molar-refractivity contribution in [3.63, 3.8) is 0 Å². The highest BCUT2D eigenvalue weighted by atomic mass is 16.6. The molecule has 0 heterocycles. The minimum Gasteiger partial charge on any atom is -0.453 e. The molecule has 12 nitrogen and oxygen atoms in total. The van der Waals surface area contributed by atoms with Crippen molar-refractivity contribution in [3.05, 3.63) is 0 Å². The second kappa shape index (κ2) is 18.6. The Morgan fingerprint density at radius 1 is 0.643 bits per heavy atom. The third-order valence-corrected chi connectivity index (χ3v) is 9.18. The van der Waals surface area contributed by atoms with Gasteiger partial charge in [0, 0.05) is 26.2 Å². The molecule has 12 heteroatoms. The molecule has 242 valence electrons. The lowest BCUT2D eigenvalue weighted by atomic mass is 9.50. The first-order chi connectivity index (χ1) is 20.2. The average molecular weight is 599 g/mol. The maximum atomic E-state index is 12.7. The van der Waals surface area contributed by atoms with Gasteiger partial charge in [-0.25, -0.2) is 19.2 Å². The normalized spacial score (nSPS) is 25.4. The largest absolute Gasteiger partial charge is 0.453 e. The molecule has 2 saturated carbocycles. The van der Waals surface area contributed by atoms with Crippen LogP contribution in [0.1, 0.15) is 90.9 Å². The Bertz CT molecular complexity index is 849. The number of nitrogens with one attached hydrogen (secondary N) is 4. The summed E-state index contributed by atoms with van der Waals surface area (Å²) in [5, 5.41) is 11.8. The number of hydrogen-bond donors (Lipinski definition) is 4. The third kappa shape index (κ3) is 11.1. The van der Waals surface area contributed by atoms with Gasteiger partial charge in [-0.15, -0.1) is 0 Å². The monoisotopic (exact) mass is 598 g/mol. The number of unbranched alkanes of at least 4 members (excludes halogenated alkanes) is 2. The predicted octanol–water partition coefficient (Wildman–Crippen LogP) is 5.10. The van der Waals surface area contributed by atoms with Gasteiger partial charge >= 0.3 is 24.4 Å². The Kier molecular flexibility index (Phi) is 15.6. The topological polar surface area (TPSA) is 153 Å². The third-order valence-electron chi connectivity index (χ3n) is 9.18. The Balaban J connectivity index is 2.26. The summed E-state index contributed by atoms with van der Waals surface area (Å²) in [6.07, 6.45) is 8.55. The van der Waals surface area contributed by atoms with Crippen LogP contribution in [0.3, 0.4) is 0 Å². The lowest BCUT2D eigenvalue weighted by Gasteiger charge is -2.57. The molecule has 0 aromatic heterocycles.